The first kappa shape index (κ1) is 21.4. The molecule has 0 saturated heterocycles. The van der Waals surface area contributed by atoms with Crippen molar-refractivity contribution in [3.63, 3.8) is 0 Å². The molecule has 0 saturated carbocycles. The molecule has 0 radical (unpaired) electrons. The van der Waals surface area contributed by atoms with E-state index in [4.69, 9.17) is 9.47 Å². The van der Waals surface area contributed by atoms with Crippen molar-refractivity contribution in [1.82, 2.24) is 10.2 Å². The SMILES string of the molecule is COCCNC(=O)[C@@H](C)N(Cc1ccc(OC)cc1)C(=O)Cc1ccccc1. The van der Waals surface area contributed by atoms with E-state index in [1.807, 2.05) is 54.6 Å². The molecule has 1 atom stereocenters. The molecule has 2 aromatic rings. The molecule has 6 heteroatoms. The molecule has 0 aliphatic carbocycles. The molecule has 0 aromatic heterocycles. The van der Waals surface area contributed by atoms with Gasteiger partial charge in [0.05, 0.1) is 20.1 Å². The first-order valence-electron chi connectivity index (χ1n) is 9.28. The molecule has 0 spiro atoms. The van der Waals surface area contributed by atoms with Crippen molar-refractivity contribution < 1.29 is 19.1 Å². The number of nitrogens with zero attached hydrogens (tertiary/aromatic N) is 1. The monoisotopic (exact) mass is 384 g/mol. The number of hydrogen-bond acceptors (Lipinski definition) is 4. The van der Waals surface area contributed by atoms with Crippen LogP contribution in [0.2, 0.25) is 0 Å². The molecule has 0 fully saturated rings. The number of hydrogen-bond donors (Lipinski definition) is 1. The summed E-state index contributed by atoms with van der Waals surface area (Å²) in [4.78, 5) is 27.1. The molecular formula is C22H28N2O4. The fraction of sp³-hybridized carbons (Fsp3) is 0.364. The normalized spacial score (nSPS) is 11.5. The Morgan fingerprint density at radius 2 is 1.68 bits per heavy atom. The van der Waals surface area contributed by atoms with Crippen LogP contribution in [0, 0.1) is 0 Å². The maximum Gasteiger partial charge on any atom is 0.242 e. The Kier molecular flexibility index (Phi) is 8.49. The number of methoxy groups -OCH3 is 2. The third kappa shape index (κ3) is 6.39. The molecular weight excluding hydrogens is 356 g/mol. The van der Waals surface area contributed by atoms with E-state index in [9.17, 15) is 9.59 Å². The largest absolute Gasteiger partial charge is 0.497 e. The van der Waals surface area contributed by atoms with Crippen molar-refractivity contribution in [3.05, 3.63) is 65.7 Å². The molecule has 150 valence electrons. The Morgan fingerprint density at radius 1 is 1.00 bits per heavy atom. The van der Waals surface area contributed by atoms with Crippen molar-refractivity contribution in [2.24, 2.45) is 0 Å². The van der Waals surface area contributed by atoms with Crippen LogP contribution >= 0.6 is 0 Å². The minimum absolute atomic E-state index is 0.101. The number of amides is 2. The first-order valence-corrected chi connectivity index (χ1v) is 9.28. The molecule has 0 aliphatic heterocycles. The number of rotatable bonds is 10. The van der Waals surface area contributed by atoms with Gasteiger partial charge in [-0.2, -0.15) is 0 Å². The van der Waals surface area contributed by atoms with Gasteiger partial charge in [0, 0.05) is 20.2 Å². The third-order valence-electron chi connectivity index (χ3n) is 4.48. The summed E-state index contributed by atoms with van der Waals surface area (Å²) < 4.78 is 10.2. The summed E-state index contributed by atoms with van der Waals surface area (Å²) in [5.74, 6) is 0.444. The molecule has 2 amide bonds. The fourth-order valence-electron chi connectivity index (χ4n) is 2.81. The van der Waals surface area contributed by atoms with Crippen LogP contribution in [-0.4, -0.2) is 50.1 Å². The van der Waals surface area contributed by atoms with E-state index < -0.39 is 6.04 Å². The predicted octanol–water partition coefficient (Wildman–Crippen LogP) is 2.42. The summed E-state index contributed by atoms with van der Waals surface area (Å²) in [5, 5.41) is 2.81. The van der Waals surface area contributed by atoms with E-state index >= 15 is 0 Å². The zero-order valence-corrected chi connectivity index (χ0v) is 16.7. The summed E-state index contributed by atoms with van der Waals surface area (Å²) in [7, 11) is 3.19. The Balaban J connectivity index is 2.15. The van der Waals surface area contributed by atoms with Crippen LogP contribution in [-0.2, 0) is 27.3 Å². The van der Waals surface area contributed by atoms with Crippen molar-refractivity contribution in [2.45, 2.75) is 25.9 Å². The Bertz CT molecular complexity index is 747. The highest BCUT2D eigenvalue weighted by molar-refractivity contribution is 5.88. The van der Waals surface area contributed by atoms with E-state index in [1.54, 1.807) is 26.0 Å². The lowest BCUT2D eigenvalue weighted by atomic mass is 10.1. The highest BCUT2D eigenvalue weighted by Gasteiger charge is 2.26. The van der Waals surface area contributed by atoms with Gasteiger partial charge in [0.25, 0.3) is 0 Å². The zero-order chi connectivity index (χ0) is 20.4. The van der Waals surface area contributed by atoms with E-state index in [1.165, 1.54) is 0 Å². The number of benzene rings is 2. The minimum atomic E-state index is -0.602. The number of ether oxygens (including phenoxy) is 2. The number of carbonyl (C=O) groups is 2. The first-order chi connectivity index (χ1) is 13.5. The smallest absolute Gasteiger partial charge is 0.242 e. The van der Waals surface area contributed by atoms with Gasteiger partial charge in [0.15, 0.2) is 0 Å². The number of carbonyl (C=O) groups excluding carboxylic acids is 2. The van der Waals surface area contributed by atoms with Gasteiger partial charge >= 0.3 is 0 Å². The second kappa shape index (κ2) is 11.1. The maximum absolute atomic E-state index is 13.0. The summed E-state index contributed by atoms with van der Waals surface area (Å²) >= 11 is 0. The summed E-state index contributed by atoms with van der Waals surface area (Å²) in [6.07, 6.45) is 0.243. The van der Waals surface area contributed by atoms with E-state index in [0.29, 0.717) is 19.7 Å². The lowest BCUT2D eigenvalue weighted by Crippen LogP contribution is -2.48. The Morgan fingerprint density at radius 3 is 2.29 bits per heavy atom. The topological polar surface area (TPSA) is 67.9 Å². The lowest BCUT2D eigenvalue weighted by molar-refractivity contribution is -0.140. The van der Waals surface area contributed by atoms with Gasteiger partial charge in [-0.1, -0.05) is 42.5 Å². The summed E-state index contributed by atoms with van der Waals surface area (Å²) in [5.41, 5.74) is 1.85. The summed E-state index contributed by atoms with van der Waals surface area (Å²) in [6, 6.07) is 16.4. The molecule has 2 aromatic carbocycles. The third-order valence-corrected chi connectivity index (χ3v) is 4.48. The molecule has 0 bridgehead atoms. The van der Waals surface area contributed by atoms with E-state index in [2.05, 4.69) is 5.32 Å². The second-order valence-electron chi connectivity index (χ2n) is 6.49. The standard InChI is InChI=1S/C22H28N2O4/c1-17(22(26)23-13-14-27-2)24(16-19-9-11-20(28-3)12-10-19)21(25)15-18-7-5-4-6-8-18/h4-12,17H,13-16H2,1-3H3,(H,23,26)/t17-/m1/s1. The van der Waals surface area contributed by atoms with Crippen LogP contribution in [0.3, 0.4) is 0 Å². The zero-order valence-electron chi connectivity index (χ0n) is 16.7. The van der Waals surface area contributed by atoms with Crippen LogP contribution in [0.5, 0.6) is 5.75 Å². The Labute approximate surface area is 166 Å². The van der Waals surface area contributed by atoms with Crippen LogP contribution in [0.4, 0.5) is 0 Å². The molecule has 28 heavy (non-hydrogen) atoms. The van der Waals surface area contributed by atoms with Gasteiger partial charge < -0.3 is 19.7 Å². The lowest BCUT2D eigenvalue weighted by Gasteiger charge is -2.29. The molecule has 0 heterocycles. The van der Waals surface area contributed by atoms with Crippen LogP contribution in [0.25, 0.3) is 0 Å². The van der Waals surface area contributed by atoms with E-state index in [0.717, 1.165) is 16.9 Å². The summed E-state index contributed by atoms with van der Waals surface area (Å²) in [6.45, 7) is 2.92. The highest BCUT2D eigenvalue weighted by atomic mass is 16.5. The van der Waals surface area contributed by atoms with Crippen molar-refractivity contribution in [1.29, 1.82) is 0 Å². The van der Waals surface area contributed by atoms with Gasteiger partial charge in [-0.05, 0) is 30.2 Å². The van der Waals surface area contributed by atoms with Crippen molar-refractivity contribution in [3.8, 4) is 5.75 Å². The maximum atomic E-state index is 13.0. The van der Waals surface area contributed by atoms with Gasteiger partial charge in [0.2, 0.25) is 11.8 Å². The van der Waals surface area contributed by atoms with Crippen molar-refractivity contribution in [2.75, 3.05) is 27.4 Å². The molecule has 0 unspecified atom stereocenters. The molecule has 6 nitrogen and oxygen atoms in total. The molecule has 2 rings (SSSR count). The Hall–Kier alpha value is -2.86. The highest BCUT2D eigenvalue weighted by Crippen LogP contribution is 2.16. The number of nitrogens with one attached hydrogen (secondary N) is 1. The molecule has 1 N–H and O–H groups in total. The quantitative estimate of drug-likeness (QED) is 0.639. The molecule has 0 aliphatic rings. The van der Waals surface area contributed by atoms with Gasteiger partial charge in [-0.3, -0.25) is 9.59 Å². The van der Waals surface area contributed by atoms with Crippen molar-refractivity contribution >= 4 is 11.8 Å². The van der Waals surface area contributed by atoms with Gasteiger partial charge in [-0.15, -0.1) is 0 Å². The van der Waals surface area contributed by atoms with Gasteiger partial charge in [-0.25, -0.2) is 0 Å². The van der Waals surface area contributed by atoms with E-state index in [-0.39, 0.29) is 18.2 Å². The predicted molar refractivity (Wildman–Crippen MR) is 108 cm³/mol. The average Bonchev–Trinajstić information content (AvgIpc) is 2.72. The second-order valence-corrected chi connectivity index (χ2v) is 6.49. The average molecular weight is 384 g/mol. The van der Waals surface area contributed by atoms with Crippen LogP contribution < -0.4 is 10.1 Å². The van der Waals surface area contributed by atoms with Gasteiger partial charge in [0.1, 0.15) is 11.8 Å². The van der Waals surface area contributed by atoms with Crippen LogP contribution in [0.1, 0.15) is 18.1 Å². The minimum Gasteiger partial charge on any atom is -0.497 e. The fourth-order valence-corrected chi connectivity index (χ4v) is 2.81. The van der Waals surface area contributed by atoms with Crippen LogP contribution in [0.15, 0.2) is 54.6 Å².